The van der Waals surface area contributed by atoms with E-state index in [0.717, 1.165) is 11.4 Å². The number of aryl methyl sites for hydroxylation is 2. The third-order valence-corrected chi connectivity index (χ3v) is 1.90. The van der Waals surface area contributed by atoms with Gasteiger partial charge < -0.3 is 0 Å². The van der Waals surface area contributed by atoms with Gasteiger partial charge in [-0.3, -0.25) is 9.78 Å². The van der Waals surface area contributed by atoms with Crippen LogP contribution in [-0.4, -0.2) is 10.8 Å². The summed E-state index contributed by atoms with van der Waals surface area (Å²) in [6, 6.07) is 3.59. The fourth-order valence-electron chi connectivity index (χ4n) is 1.33. The number of Topliss-reactive ketones (excluding diaryl/α,β-unsaturated/α-hetero) is 1. The number of pyridine rings is 1. The Hall–Kier alpha value is -1.62. The molecule has 1 aromatic rings. The first-order valence-corrected chi connectivity index (χ1v) is 4.55. The highest BCUT2D eigenvalue weighted by Crippen LogP contribution is 2.08. The fourth-order valence-corrected chi connectivity index (χ4v) is 1.33. The number of hydrogen-bond donors (Lipinski definition) is 0. The van der Waals surface area contributed by atoms with Crippen LogP contribution in [0.15, 0.2) is 12.1 Å². The summed E-state index contributed by atoms with van der Waals surface area (Å²) in [5.74, 6) is 2.56. The Morgan fingerprint density at radius 1 is 1.43 bits per heavy atom. The number of carbonyl (C=O) groups is 1. The van der Waals surface area contributed by atoms with Gasteiger partial charge >= 0.3 is 0 Å². The van der Waals surface area contributed by atoms with Crippen molar-refractivity contribution in [3.8, 4) is 12.3 Å². The smallest absolute Gasteiger partial charge is 0.163 e. The fraction of sp³-hybridized carbons (Fsp3) is 0.333. The van der Waals surface area contributed by atoms with Crippen molar-refractivity contribution in [2.75, 3.05) is 0 Å². The predicted octanol–water partition coefficient (Wildman–Crippen LogP) is 2.29. The Morgan fingerprint density at radius 3 is 2.50 bits per heavy atom. The molecule has 1 heterocycles. The molecule has 14 heavy (non-hydrogen) atoms. The lowest BCUT2D eigenvalue weighted by atomic mass is 10.1. The molecule has 0 aliphatic carbocycles. The lowest BCUT2D eigenvalue weighted by Crippen LogP contribution is -2.01. The monoisotopic (exact) mass is 187 g/mol. The van der Waals surface area contributed by atoms with Gasteiger partial charge in [0.15, 0.2) is 5.78 Å². The second kappa shape index (κ2) is 4.57. The second-order valence-electron chi connectivity index (χ2n) is 3.27. The Labute approximate surface area is 84.4 Å². The molecule has 0 amide bonds. The van der Waals surface area contributed by atoms with Crippen LogP contribution in [0, 0.1) is 26.2 Å². The molecule has 0 saturated heterocycles. The largest absolute Gasteiger partial charge is 0.294 e. The minimum atomic E-state index is 0.0940. The normalized spacial score (nSPS) is 9.50. The van der Waals surface area contributed by atoms with E-state index in [-0.39, 0.29) is 5.78 Å². The van der Waals surface area contributed by atoms with Crippen LogP contribution in [0.2, 0.25) is 0 Å². The van der Waals surface area contributed by atoms with E-state index in [2.05, 4.69) is 10.9 Å². The van der Waals surface area contributed by atoms with Crippen molar-refractivity contribution in [1.82, 2.24) is 4.98 Å². The van der Waals surface area contributed by atoms with Crippen LogP contribution in [0.25, 0.3) is 0 Å². The van der Waals surface area contributed by atoms with Crippen molar-refractivity contribution in [3.63, 3.8) is 0 Å². The molecule has 0 bridgehead atoms. The number of carbonyl (C=O) groups excluding carboxylic acids is 1. The summed E-state index contributed by atoms with van der Waals surface area (Å²) in [6.07, 6.45) is 6.02. The van der Waals surface area contributed by atoms with Gasteiger partial charge in [0.1, 0.15) is 0 Å². The third kappa shape index (κ3) is 2.70. The van der Waals surface area contributed by atoms with E-state index in [1.165, 1.54) is 0 Å². The standard InChI is InChI=1S/C12H13NO/c1-4-5-6-12(14)11-7-9(2)13-10(3)8-11/h1,7-8H,5-6H2,2-3H3. The summed E-state index contributed by atoms with van der Waals surface area (Å²) in [6.45, 7) is 3.76. The van der Waals surface area contributed by atoms with E-state index >= 15 is 0 Å². The Kier molecular flexibility index (Phi) is 3.41. The summed E-state index contributed by atoms with van der Waals surface area (Å²) in [5.41, 5.74) is 2.45. The van der Waals surface area contributed by atoms with E-state index in [0.29, 0.717) is 18.4 Å². The molecule has 0 aliphatic rings. The van der Waals surface area contributed by atoms with Gasteiger partial charge in [-0.2, -0.15) is 0 Å². The van der Waals surface area contributed by atoms with Gasteiger partial charge in [0.25, 0.3) is 0 Å². The average Bonchev–Trinajstić information content (AvgIpc) is 2.12. The maximum absolute atomic E-state index is 11.6. The lowest BCUT2D eigenvalue weighted by molar-refractivity contribution is 0.0984. The molecule has 0 aromatic carbocycles. The van der Waals surface area contributed by atoms with E-state index in [1.54, 1.807) is 12.1 Å². The first-order chi connectivity index (χ1) is 6.63. The number of nitrogens with zero attached hydrogens (tertiary/aromatic N) is 1. The Balaban J connectivity index is 2.85. The highest BCUT2D eigenvalue weighted by atomic mass is 16.1. The van der Waals surface area contributed by atoms with Crippen LogP contribution in [0.4, 0.5) is 0 Å². The summed E-state index contributed by atoms with van der Waals surface area (Å²) in [4.78, 5) is 15.8. The summed E-state index contributed by atoms with van der Waals surface area (Å²) in [7, 11) is 0. The summed E-state index contributed by atoms with van der Waals surface area (Å²) in [5, 5.41) is 0. The van der Waals surface area contributed by atoms with Gasteiger partial charge in [-0.15, -0.1) is 12.3 Å². The van der Waals surface area contributed by atoms with Crippen molar-refractivity contribution < 1.29 is 4.79 Å². The minimum absolute atomic E-state index is 0.0940. The molecule has 72 valence electrons. The van der Waals surface area contributed by atoms with Gasteiger partial charge in [-0.1, -0.05) is 0 Å². The van der Waals surface area contributed by atoms with Crippen LogP contribution < -0.4 is 0 Å². The summed E-state index contributed by atoms with van der Waals surface area (Å²) < 4.78 is 0. The molecule has 2 nitrogen and oxygen atoms in total. The molecule has 0 atom stereocenters. The molecule has 0 radical (unpaired) electrons. The van der Waals surface area contributed by atoms with Gasteiger partial charge in [0.05, 0.1) is 0 Å². The van der Waals surface area contributed by atoms with Gasteiger partial charge in [0, 0.05) is 29.8 Å². The first-order valence-electron chi connectivity index (χ1n) is 4.55. The SMILES string of the molecule is C#CCCC(=O)c1cc(C)nc(C)c1. The quantitative estimate of drug-likeness (QED) is 0.537. The van der Waals surface area contributed by atoms with Crippen molar-refractivity contribution in [2.45, 2.75) is 26.7 Å². The maximum Gasteiger partial charge on any atom is 0.163 e. The highest BCUT2D eigenvalue weighted by Gasteiger charge is 2.06. The van der Waals surface area contributed by atoms with Crippen LogP contribution >= 0.6 is 0 Å². The molecule has 0 N–H and O–H groups in total. The van der Waals surface area contributed by atoms with Crippen LogP contribution in [0.1, 0.15) is 34.6 Å². The van der Waals surface area contributed by atoms with Crippen molar-refractivity contribution in [3.05, 3.63) is 29.1 Å². The molecule has 1 aromatic heterocycles. The zero-order chi connectivity index (χ0) is 10.6. The molecule has 0 aliphatic heterocycles. The van der Waals surface area contributed by atoms with E-state index in [1.807, 2.05) is 13.8 Å². The predicted molar refractivity (Wildman–Crippen MR) is 56.1 cm³/mol. The maximum atomic E-state index is 11.6. The van der Waals surface area contributed by atoms with Crippen LogP contribution in [0.5, 0.6) is 0 Å². The molecule has 1 rings (SSSR count). The van der Waals surface area contributed by atoms with Crippen LogP contribution in [0.3, 0.4) is 0 Å². The number of hydrogen-bond acceptors (Lipinski definition) is 2. The van der Waals surface area contributed by atoms with Crippen molar-refractivity contribution >= 4 is 5.78 Å². The minimum Gasteiger partial charge on any atom is -0.294 e. The Bertz CT molecular complexity index is 368. The number of terminal acetylenes is 1. The van der Waals surface area contributed by atoms with Crippen molar-refractivity contribution in [1.29, 1.82) is 0 Å². The number of ketones is 1. The van der Waals surface area contributed by atoms with E-state index in [4.69, 9.17) is 6.42 Å². The zero-order valence-electron chi connectivity index (χ0n) is 8.50. The molecule has 2 heteroatoms. The first kappa shape index (κ1) is 10.5. The molecule has 0 saturated carbocycles. The highest BCUT2D eigenvalue weighted by molar-refractivity contribution is 5.96. The molecular weight excluding hydrogens is 174 g/mol. The molecular formula is C12H13NO. The zero-order valence-corrected chi connectivity index (χ0v) is 8.50. The third-order valence-electron chi connectivity index (χ3n) is 1.90. The van der Waals surface area contributed by atoms with E-state index in [9.17, 15) is 4.79 Å². The molecule has 0 unspecified atom stereocenters. The topological polar surface area (TPSA) is 30.0 Å². The molecule has 0 spiro atoms. The van der Waals surface area contributed by atoms with Gasteiger partial charge in [-0.25, -0.2) is 0 Å². The van der Waals surface area contributed by atoms with Gasteiger partial charge in [-0.05, 0) is 26.0 Å². The number of rotatable bonds is 3. The van der Waals surface area contributed by atoms with Gasteiger partial charge in [0.2, 0.25) is 0 Å². The van der Waals surface area contributed by atoms with E-state index < -0.39 is 0 Å². The van der Waals surface area contributed by atoms with Crippen molar-refractivity contribution in [2.24, 2.45) is 0 Å². The van der Waals surface area contributed by atoms with Crippen LogP contribution in [-0.2, 0) is 0 Å². The molecule has 0 fully saturated rings. The number of aromatic nitrogens is 1. The lowest BCUT2D eigenvalue weighted by Gasteiger charge is -2.01. The Morgan fingerprint density at radius 2 is 2.00 bits per heavy atom. The average molecular weight is 187 g/mol. The summed E-state index contributed by atoms with van der Waals surface area (Å²) >= 11 is 0. The second-order valence-corrected chi connectivity index (χ2v) is 3.27.